The van der Waals surface area contributed by atoms with Gasteiger partial charge in [0.15, 0.2) is 12.0 Å². The number of nitrogens with zero attached hydrogens (tertiary/aromatic N) is 5. The fourth-order valence-electron chi connectivity index (χ4n) is 5.35. The molecule has 0 spiro atoms. The number of ether oxygens (including phenoxy) is 5. The normalized spacial score (nSPS) is 21.9. The van der Waals surface area contributed by atoms with Crippen LogP contribution >= 0.6 is 0 Å². The molecule has 2 aliphatic rings. The average Bonchev–Trinajstić information content (AvgIpc) is 3.36. The highest BCUT2D eigenvalue weighted by Gasteiger charge is 2.41. The van der Waals surface area contributed by atoms with E-state index < -0.39 is 28.1 Å². The molecule has 0 radical (unpaired) electrons. The highest BCUT2D eigenvalue weighted by atomic mass is 32.2. The van der Waals surface area contributed by atoms with Crippen LogP contribution in [0.4, 0.5) is 0 Å². The second-order valence-electron chi connectivity index (χ2n) is 12.0. The summed E-state index contributed by atoms with van der Waals surface area (Å²) >= 11 is 0. The van der Waals surface area contributed by atoms with E-state index in [1.165, 1.54) is 11.2 Å². The third-order valence-corrected chi connectivity index (χ3v) is 9.63. The highest BCUT2D eigenvalue weighted by Crippen LogP contribution is 2.26. The van der Waals surface area contributed by atoms with Crippen LogP contribution in [0.25, 0.3) is 0 Å². The number of hydrogen-bond acceptors (Lipinski definition) is 15. The molecule has 2 aliphatic heterocycles. The highest BCUT2D eigenvalue weighted by molar-refractivity contribution is 7.89. The molecule has 47 heavy (non-hydrogen) atoms. The zero-order valence-corrected chi connectivity index (χ0v) is 29.9. The minimum Gasteiger partial charge on any atom is -0.465 e. The molecule has 17 heteroatoms. The van der Waals surface area contributed by atoms with Crippen molar-refractivity contribution in [1.82, 2.24) is 23.9 Å². The molecule has 2 heterocycles. The molecule has 0 aromatic carbocycles. The number of sulfonamides is 1. The predicted molar refractivity (Wildman–Crippen MR) is 173 cm³/mol. The Morgan fingerprint density at radius 2 is 1.15 bits per heavy atom. The zero-order valence-electron chi connectivity index (χ0n) is 29.1. The molecule has 16 nitrogen and oxygen atoms in total. The van der Waals surface area contributed by atoms with Gasteiger partial charge in [-0.05, 0) is 41.5 Å². The number of hydrogen-bond donors (Lipinski definition) is 1. The Balaban J connectivity index is 2.26. The molecule has 0 bridgehead atoms. The molecular weight excluding hydrogens is 638 g/mol. The maximum Gasteiger partial charge on any atom is 0.320 e. The van der Waals surface area contributed by atoms with E-state index in [-0.39, 0.29) is 82.8 Å². The van der Waals surface area contributed by atoms with Crippen LogP contribution in [0.5, 0.6) is 0 Å². The van der Waals surface area contributed by atoms with Gasteiger partial charge in [0.05, 0.1) is 57.9 Å². The minimum absolute atomic E-state index is 0.0431. The lowest BCUT2D eigenvalue weighted by Crippen LogP contribution is -2.52. The van der Waals surface area contributed by atoms with Gasteiger partial charge < -0.3 is 28.8 Å². The first-order valence-electron chi connectivity index (χ1n) is 16.6. The third kappa shape index (κ3) is 15.4. The summed E-state index contributed by atoms with van der Waals surface area (Å²) in [5, 5.41) is 11.3. The molecule has 2 saturated heterocycles. The summed E-state index contributed by atoms with van der Waals surface area (Å²) in [6.45, 7) is 14.6. The zero-order chi connectivity index (χ0) is 35.0. The van der Waals surface area contributed by atoms with Crippen LogP contribution in [0.3, 0.4) is 0 Å². The summed E-state index contributed by atoms with van der Waals surface area (Å²) in [4.78, 5) is 45.1. The van der Waals surface area contributed by atoms with E-state index in [0.29, 0.717) is 52.4 Å². The van der Waals surface area contributed by atoms with Crippen molar-refractivity contribution in [2.75, 3.05) is 117 Å². The number of β-amino-alcohol motifs (C(OH)–C–C–N with tert-alkyl or cyclic N) is 1. The monoisotopic (exact) mass is 695 g/mol. The average molecular weight is 696 g/mol. The first-order valence-corrected chi connectivity index (χ1v) is 18.2. The van der Waals surface area contributed by atoms with Crippen molar-refractivity contribution in [2.45, 2.75) is 59.7 Å². The largest absolute Gasteiger partial charge is 0.465 e. The van der Waals surface area contributed by atoms with Crippen molar-refractivity contribution in [3.63, 3.8) is 0 Å². The van der Waals surface area contributed by atoms with Gasteiger partial charge in [-0.1, -0.05) is 0 Å². The Bertz CT molecular complexity index is 1040. The SMILES string of the molecule is CCOC(=O)CN1CCN(CC(=O)OCC)CCN(CC(O)CN(C2COC(C)(C)O2)S(=O)(=O)CC)CCN(CC(=O)OCC)CC1. The Labute approximate surface area is 280 Å². The van der Waals surface area contributed by atoms with E-state index in [4.69, 9.17) is 23.7 Å². The van der Waals surface area contributed by atoms with Crippen molar-refractivity contribution < 1.29 is 51.6 Å². The molecule has 0 aromatic heterocycles. The molecule has 274 valence electrons. The molecule has 0 amide bonds. The molecule has 2 unspecified atom stereocenters. The first kappa shape index (κ1) is 41.2. The number of aliphatic hydroxyl groups excluding tert-OH is 1. The van der Waals surface area contributed by atoms with Crippen molar-refractivity contribution in [2.24, 2.45) is 0 Å². The summed E-state index contributed by atoms with van der Waals surface area (Å²) in [5.74, 6) is -2.21. The maximum absolute atomic E-state index is 13.0. The Morgan fingerprint density at radius 3 is 1.47 bits per heavy atom. The summed E-state index contributed by atoms with van der Waals surface area (Å²) in [5.41, 5.74) is 0. The second-order valence-corrected chi connectivity index (χ2v) is 14.2. The van der Waals surface area contributed by atoms with Crippen LogP contribution < -0.4 is 0 Å². The Morgan fingerprint density at radius 1 is 0.766 bits per heavy atom. The van der Waals surface area contributed by atoms with Crippen molar-refractivity contribution in [3.8, 4) is 0 Å². The van der Waals surface area contributed by atoms with Crippen LogP contribution in [0.1, 0.15) is 41.5 Å². The lowest BCUT2D eigenvalue weighted by Gasteiger charge is -2.35. The van der Waals surface area contributed by atoms with E-state index in [1.54, 1.807) is 34.6 Å². The lowest BCUT2D eigenvalue weighted by atomic mass is 10.2. The van der Waals surface area contributed by atoms with Crippen LogP contribution in [0.2, 0.25) is 0 Å². The molecule has 0 aliphatic carbocycles. The number of esters is 3. The van der Waals surface area contributed by atoms with E-state index in [1.807, 2.05) is 19.6 Å². The summed E-state index contributed by atoms with van der Waals surface area (Å²) in [7, 11) is -3.74. The van der Waals surface area contributed by atoms with E-state index in [2.05, 4.69) is 0 Å². The number of carbonyl (C=O) groups excluding carboxylic acids is 3. The lowest BCUT2D eigenvalue weighted by molar-refractivity contribution is -0.152. The van der Waals surface area contributed by atoms with Crippen molar-refractivity contribution >= 4 is 27.9 Å². The number of aliphatic hydroxyl groups is 1. The van der Waals surface area contributed by atoms with Gasteiger partial charge in [-0.15, -0.1) is 0 Å². The minimum atomic E-state index is -3.74. The van der Waals surface area contributed by atoms with Gasteiger partial charge in [0.1, 0.15) is 0 Å². The maximum atomic E-state index is 13.0. The fraction of sp³-hybridized carbons (Fsp3) is 0.900. The first-order chi connectivity index (χ1) is 22.2. The van der Waals surface area contributed by atoms with Crippen molar-refractivity contribution in [1.29, 1.82) is 0 Å². The molecule has 2 atom stereocenters. The topological polar surface area (TPSA) is 168 Å². The standard InChI is InChI=1S/C30H57N5O11S/c1-7-42-27(37)21-32-13-11-31(19-25(36)20-35(47(40,41)10-4)26-24-45-30(5,6)46-26)12-14-33(22-28(38)43-8-2)16-18-34(17-15-32)23-29(39)44-9-3/h25-26,36H,7-24H2,1-6H3. The molecule has 1 N–H and O–H groups in total. The van der Waals surface area contributed by atoms with E-state index in [9.17, 15) is 27.9 Å². The number of carbonyl (C=O) groups is 3. The molecule has 2 rings (SSSR count). The molecular formula is C30H57N5O11S. The van der Waals surface area contributed by atoms with Crippen molar-refractivity contribution in [3.05, 3.63) is 0 Å². The quantitative estimate of drug-likeness (QED) is 0.154. The molecule has 0 aromatic rings. The van der Waals surface area contributed by atoms with Gasteiger partial charge in [0.2, 0.25) is 10.0 Å². The Hall–Kier alpha value is -1.96. The van der Waals surface area contributed by atoms with E-state index >= 15 is 0 Å². The van der Waals surface area contributed by atoms with Gasteiger partial charge >= 0.3 is 17.9 Å². The summed E-state index contributed by atoms with van der Waals surface area (Å²) < 4.78 is 54.3. The Kier molecular flexibility index (Phi) is 18.0. The third-order valence-electron chi connectivity index (χ3n) is 7.80. The number of rotatable bonds is 16. The molecule has 0 saturated carbocycles. The summed E-state index contributed by atoms with van der Waals surface area (Å²) in [6, 6.07) is 0. The van der Waals surface area contributed by atoms with Crippen LogP contribution in [0.15, 0.2) is 0 Å². The van der Waals surface area contributed by atoms with Crippen LogP contribution in [0, 0.1) is 0 Å². The second kappa shape index (κ2) is 20.5. The van der Waals surface area contributed by atoms with Gasteiger partial charge in [-0.2, -0.15) is 4.31 Å². The van der Waals surface area contributed by atoms with Crippen LogP contribution in [-0.4, -0.2) is 191 Å². The van der Waals surface area contributed by atoms with Gasteiger partial charge in [0.25, 0.3) is 0 Å². The smallest absolute Gasteiger partial charge is 0.320 e. The van der Waals surface area contributed by atoms with Gasteiger partial charge in [-0.25, -0.2) is 8.42 Å². The van der Waals surface area contributed by atoms with Crippen LogP contribution in [-0.2, 0) is 48.1 Å². The fourth-order valence-corrected chi connectivity index (χ4v) is 6.55. The predicted octanol–water partition coefficient (Wildman–Crippen LogP) is -0.981. The van der Waals surface area contributed by atoms with E-state index in [0.717, 1.165) is 0 Å². The summed E-state index contributed by atoms with van der Waals surface area (Å²) in [6.07, 6.45) is -1.94. The van der Waals surface area contributed by atoms with Gasteiger partial charge in [-0.3, -0.25) is 34.0 Å². The van der Waals surface area contributed by atoms with Gasteiger partial charge in [0, 0.05) is 65.4 Å². The molecule has 2 fully saturated rings.